The second-order valence-corrected chi connectivity index (χ2v) is 12.5. The third kappa shape index (κ3) is 5.34. The van der Waals surface area contributed by atoms with E-state index >= 15 is 0 Å². The molecule has 2 amide bonds. The lowest BCUT2D eigenvalue weighted by Crippen LogP contribution is -2.63. The lowest BCUT2D eigenvalue weighted by molar-refractivity contribution is -0.137. The van der Waals surface area contributed by atoms with Gasteiger partial charge in [0.15, 0.2) is 0 Å². The first-order valence-electron chi connectivity index (χ1n) is 13.9. The molecule has 4 saturated carbocycles. The van der Waals surface area contributed by atoms with Gasteiger partial charge in [-0.2, -0.15) is 13.2 Å². The maximum Gasteiger partial charge on any atom is 0.416 e. The smallest absolute Gasteiger partial charge is 0.333 e. The molecule has 4 bridgehead atoms. The zero-order chi connectivity index (χ0) is 27.3. The van der Waals surface area contributed by atoms with Crippen LogP contribution in [0.3, 0.4) is 0 Å². The molecule has 2 aromatic rings. The monoisotopic (exact) mass is 555 g/mol. The van der Waals surface area contributed by atoms with Crippen LogP contribution in [0.25, 0.3) is 0 Å². The molecule has 39 heavy (non-hydrogen) atoms. The van der Waals surface area contributed by atoms with Crippen LogP contribution < -0.4 is 10.6 Å². The molecule has 1 atom stereocenters. The van der Waals surface area contributed by atoms with Gasteiger partial charge in [-0.1, -0.05) is 42.0 Å². The van der Waals surface area contributed by atoms with Crippen molar-refractivity contribution in [3.05, 3.63) is 88.2 Å². The Balaban J connectivity index is 1.42. The van der Waals surface area contributed by atoms with Gasteiger partial charge >= 0.3 is 12.2 Å². The second kappa shape index (κ2) is 9.99. The third-order valence-electron chi connectivity index (χ3n) is 9.13. The Labute approximate surface area is 232 Å². The number of pyridine rings is 1. The minimum absolute atomic E-state index is 0.254. The SMILES string of the molecule is O=C(NC12CC3CC(CC(C3)C1)C2)NC(CC1=CCCC=C1)(c1cccc(C(F)(F)F)c1)c1ccc(Cl)cn1. The summed E-state index contributed by atoms with van der Waals surface area (Å²) in [5.41, 5.74) is -0.665. The minimum atomic E-state index is -4.53. The van der Waals surface area contributed by atoms with Crippen LogP contribution >= 0.6 is 11.6 Å². The number of nitrogens with one attached hydrogen (secondary N) is 2. The molecule has 7 rings (SSSR count). The van der Waals surface area contributed by atoms with E-state index in [2.05, 4.69) is 27.8 Å². The number of allylic oxidation sites excluding steroid dienone is 3. The zero-order valence-corrected chi connectivity index (χ0v) is 22.5. The van der Waals surface area contributed by atoms with E-state index in [9.17, 15) is 18.0 Å². The zero-order valence-electron chi connectivity index (χ0n) is 21.7. The number of hydrogen-bond acceptors (Lipinski definition) is 2. The van der Waals surface area contributed by atoms with Gasteiger partial charge in [-0.15, -0.1) is 0 Å². The molecule has 2 N–H and O–H groups in total. The van der Waals surface area contributed by atoms with Gasteiger partial charge in [-0.3, -0.25) is 4.98 Å². The predicted molar refractivity (Wildman–Crippen MR) is 145 cm³/mol. The Bertz CT molecular complexity index is 1270. The van der Waals surface area contributed by atoms with Crippen LogP contribution in [0.4, 0.5) is 18.0 Å². The van der Waals surface area contributed by atoms with Crippen molar-refractivity contribution in [2.45, 2.75) is 75.0 Å². The van der Waals surface area contributed by atoms with Gasteiger partial charge in [-0.25, -0.2) is 4.79 Å². The van der Waals surface area contributed by atoms with Crippen molar-refractivity contribution in [3.8, 4) is 0 Å². The van der Waals surface area contributed by atoms with Crippen molar-refractivity contribution >= 4 is 17.6 Å². The number of aromatic nitrogens is 1. The molecular formula is C31H33ClF3N3O. The van der Waals surface area contributed by atoms with Crippen molar-refractivity contribution in [2.24, 2.45) is 17.8 Å². The molecule has 1 aromatic heterocycles. The molecule has 206 valence electrons. The van der Waals surface area contributed by atoms with E-state index in [1.165, 1.54) is 31.5 Å². The van der Waals surface area contributed by atoms with Crippen LogP contribution in [0.1, 0.15) is 74.6 Å². The van der Waals surface area contributed by atoms with Gasteiger partial charge in [0.05, 0.1) is 16.3 Å². The molecule has 8 heteroatoms. The molecular weight excluding hydrogens is 523 g/mol. The molecule has 0 radical (unpaired) electrons. The van der Waals surface area contributed by atoms with E-state index in [-0.39, 0.29) is 18.0 Å². The summed E-state index contributed by atoms with van der Waals surface area (Å²) in [6, 6.07) is 8.21. The molecule has 0 spiro atoms. The van der Waals surface area contributed by atoms with Crippen LogP contribution in [-0.4, -0.2) is 16.6 Å². The molecule has 4 fully saturated rings. The summed E-state index contributed by atoms with van der Waals surface area (Å²) < 4.78 is 41.6. The number of halogens is 4. The summed E-state index contributed by atoms with van der Waals surface area (Å²) in [5.74, 6) is 1.92. The van der Waals surface area contributed by atoms with Crippen molar-refractivity contribution in [2.75, 3.05) is 0 Å². The van der Waals surface area contributed by atoms with E-state index < -0.39 is 17.3 Å². The Kier molecular flexibility index (Phi) is 6.77. The van der Waals surface area contributed by atoms with Crippen molar-refractivity contribution in [1.29, 1.82) is 0 Å². The van der Waals surface area contributed by atoms with E-state index in [0.29, 0.717) is 34.0 Å². The second-order valence-electron chi connectivity index (χ2n) is 12.1. The Hall–Kier alpha value is -2.80. The molecule has 0 aliphatic heterocycles. The highest BCUT2D eigenvalue weighted by molar-refractivity contribution is 6.30. The highest BCUT2D eigenvalue weighted by Crippen LogP contribution is 2.55. The maximum absolute atomic E-state index is 13.9. The van der Waals surface area contributed by atoms with Gasteiger partial charge in [0.1, 0.15) is 5.54 Å². The molecule has 5 aliphatic carbocycles. The number of hydrogen-bond donors (Lipinski definition) is 2. The van der Waals surface area contributed by atoms with E-state index in [4.69, 9.17) is 11.6 Å². The third-order valence-corrected chi connectivity index (χ3v) is 9.36. The first kappa shape index (κ1) is 26.4. The number of rotatable bonds is 6. The predicted octanol–water partition coefficient (Wildman–Crippen LogP) is 7.93. The Morgan fingerprint density at radius 2 is 1.69 bits per heavy atom. The molecule has 1 heterocycles. The summed E-state index contributed by atoms with van der Waals surface area (Å²) in [6.45, 7) is 0. The fourth-order valence-electron chi connectivity index (χ4n) is 7.94. The van der Waals surface area contributed by atoms with E-state index in [1.807, 2.05) is 6.08 Å². The quantitative estimate of drug-likeness (QED) is 0.380. The van der Waals surface area contributed by atoms with Gasteiger partial charge < -0.3 is 10.6 Å². The molecule has 1 aromatic carbocycles. The number of carbonyl (C=O) groups excluding carboxylic acids is 1. The highest BCUT2D eigenvalue weighted by Gasteiger charge is 2.52. The minimum Gasteiger partial charge on any atom is -0.333 e. The summed E-state index contributed by atoms with van der Waals surface area (Å²) >= 11 is 6.16. The van der Waals surface area contributed by atoms with Crippen molar-refractivity contribution in [3.63, 3.8) is 0 Å². The summed E-state index contributed by atoms with van der Waals surface area (Å²) in [6.07, 6.45) is 11.7. The first-order chi connectivity index (χ1) is 18.6. The number of benzene rings is 1. The van der Waals surface area contributed by atoms with Gasteiger partial charge in [0.25, 0.3) is 0 Å². The van der Waals surface area contributed by atoms with Crippen molar-refractivity contribution < 1.29 is 18.0 Å². The fourth-order valence-corrected chi connectivity index (χ4v) is 8.06. The number of carbonyl (C=O) groups is 1. The molecule has 1 unspecified atom stereocenters. The Morgan fingerprint density at radius 3 is 2.28 bits per heavy atom. The van der Waals surface area contributed by atoms with Crippen LogP contribution in [-0.2, 0) is 11.7 Å². The Morgan fingerprint density at radius 1 is 1.00 bits per heavy atom. The lowest BCUT2D eigenvalue weighted by Gasteiger charge is -2.57. The normalized spacial score (nSPS) is 29.0. The lowest BCUT2D eigenvalue weighted by atomic mass is 9.53. The number of alkyl halides is 3. The summed E-state index contributed by atoms with van der Waals surface area (Å²) in [5, 5.41) is 6.94. The number of nitrogens with zero attached hydrogens (tertiary/aromatic N) is 1. The average molecular weight is 556 g/mol. The number of urea groups is 1. The molecule has 0 saturated heterocycles. The topological polar surface area (TPSA) is 54.0 Å². The summed E-state index contributed by atoms with van der Waals surface area (Å²) in [4.78, 5) is 18.5. The van der Waals surface area contributed by atoms with E-state index in [1.54, 1.807) is 18.2 Å². The number of amides is 2. The van der Waals surface area contributed by atoms with Crippen LogP contribution in [0, 0.1) is 17.8 Å². The molecule has 5 aliphatic rings. The first-order valence-corrected chi connectivity index (χ1v) is 14.3. The maximum atomic E-state index is 13.9. The van der Waals surface area contributed by atoms with Crippen LogP contribution in [0.15, 0.2) is 66.4 Å². The van der Waals surface area contributed by atoms with Crippen LogP contribution in [0.2, 0.25) is 5.02 Å². The van der Waals surface area contributed by atoms with Gasteiger partial charge in [-0.05, 0) is 105 Å². The van der Waals surface area contributed by atoms with Gasteiger partial charge in [0.2, 0.25) is 0 Å². The largest absolute Gasteiger partial charge is 0.416 e. The summed E-state index contributed by atoms with van der Waals surface area (Å²) in [7, 11) is 0. The highest BCUT2D eigenvalue weighted by atomic mass is 35.5. The van der Waals surface area contributed by atoms with Crippen molar-refractivity contribution in [1.82, 2.24) is 15.6 Å². The van der Waals surface area contributed by atoms with Gasteiger partial charge in [0, 0.05) is 18.2 Å². The van der Waals surface area contributed by atoms with E-state index in [0.717, 1.165) is 49.8 Å². The van der Waals surface area contributed by atoms with Crippen LogP contribution in [0.5, 0.6) is 0 Å². The standard InChI is InChI=1S/C31H33ClF3N3O/c32-26-9-10-27(36-19-26)30(18-20-5-2-1-3-6-20,24-7-4-8-25(14-24)31(33,34)35)38-28(39)37-29-15-21-11-22(16-29)13-23(12-21)17-29/h2,4-10,14,19,21-23H,1,3,11-13,15-18H2,(H2,37,38,39). The molecule has 4 nitrogen and oxygen atoms in total. The average Bonchev–Trinajstić information content (AvgIpc) is 2.88. The fraction of sp³-hybridized carbons (Fsp3) is 0.484.